The van der Waals surface area contributed by atoms with Crippen LogP contribution in [0.25, 0.3) is 0 Å². The zero-order chi connectivity index (χ0) is 30.4. The van der Waals surface area contributed by atoms with Crippen LogP contribution in [0, 0.1) is 50.7 Å². The van der Waals surface area contributed by atoms with E-state index < -0.39 is 0 Å². The molecule has 5 aliphatic carbocycles. The summed E-state index contributed by atoms with van der Waals surface area (Å²) in [6.07, 6.45) is 31.1. The number of hydrogen-bond donors (Lipinski definition) is 0. The summed E-state index contributed by atoms with van der Waals surface area (Å²) in [4.78, 5) is 12.8. The fraction of sp³-hybridized carbons (Fsp3) is 0.775. The number of hydrogen-bond acceptors (Lipinski definition) is 2. The van der Waals surface area contributed by atoms with Crippen molar-refractivity contribution in [3.05, 3.63) is 48.1 Å². The topological polar surface area (TPSA) is 26.3 Å². The second-order valence-electron chi connectivity index (χ2n) is 16.7. The van der Waals surface area contributed by atoms with Crippen molar-refractivity contribution in [2.45, 2.75) is 145 Å². The summed E-state index contributed by atoms with van der Waals surface area (Å²) in [6.45, 7) is 19.6. The van der Waals surface area contributed by atoms with Gasteiger partial charge in [-0.1, -0.05) is 90.0 Å². The Labute approximate surface area is 258 Å². The van der Waals surface area contributed by atoms with Gasteiger partial charge in [-0.25, -0.2) is 4.79 Å². The van der Waals surface area contributed by atoms with Gasteiger partial charge in [0.2, 0.25) is 0 Å². The van der Waals surface area contributed by atoms with Crippen molar-refractivity contribution in [1.82, 2.24) is 0 Å². The molecule has 42 heavy (non-hydrogen) atoms. The molecule has 5 saturated carbocycles. The molecule has 0 aromatic rings. The van der Waals surface area contributed by atoms with Crippen molar-refractivity contribution >= 4 is 5.97 Å². The molecule has 5 fully saturated rings. The molecule has 0 saturated heterocycles. The maximum Gasteiger partial charge on any atom is 0.331 e. The first-order valence-electron chi connectivity index (χ1n) is 17.7. The minimum Gasteiger partial charge on any atom is -0.459 e. The minimum atomic E-state index is -0.179. The molecule has 9 atom stereocenters. The molecule has 0 aromatic carbocycles. The molecule has 0 N–H and O–H groups in total. The molecule has 2 spiro atoms. The average molecular weight is 575 g/mol. The molecule has 0 unspecified atom stereocenters. The van der Waals surface area contributed by atoms with Crippen LogP contribution in [0.2, 0.25) is 0 Å². The van der Waals surface area contributed by atoms with Gasteiger partial charge in [0.25, 0.3) is 0 Å². The molecule has 2 heteroatoms. The van der Waals surface area contributed by atoms with Crippen LogP contribution in [0.3, 0.4) is 0 Å². The maximum absolute atomic E-state index is 12.8. The number of ether oxygens (including phenoxy) is 1. The summed E-state index contributed by atoms with van der Waals surface area (Å²) >= 11 is 0. The SMILES string of the molecule is CCC/C=C/C=C\C=C\C(=O)O[C@H]1CC[C@]23C[C@]24CC[C@]2(C)[C@@H]([C@H](C)CCC=C(C)C)CC[C@@]2(C)[C@@H]4CC[C@H]3C1(C)C. The third-order valence-electron chi connectivity index (χ3n) is 14.4. The predicted octanol–water partition coefficient (Wildman–Crippen LogP) is 11.2. The van der Waals surface area contributed by atoms with Gasteiger partial charge in [-0.2, -0.15) is 0 Å². The second-order valence-corrected chi connectivity index (χ2v) is 16.7. The van der Waals surface area contributed by atoms with Gasteiger partial charge in [0.05, 0.1) is 0 Å². The molecule has 0 heterocycles. The Morgan fingerprint density at radius 1 is 0.833 bits per heavy atom. The number of carbonyl (C=O) groups is 1. The van der Waals surface area contributed by atoms with Crippen molar-refractivity contribution < 1.29 is 9.53 Å². The number of fused-ring (bicyclic) bond motifs is 2. The standard InChI is InChI=1S/C40H62O2/c1-9-10-11-12-13-14-15-19-35(41)42-34-23-25-39-28-40(39)27-26-37(7)31(30(4)18-16-17-29(2)3)22-24-38(37,8)33(40)21-20-32(39)36(34,5)6/h11-15,17,19,30-34H,9-10,16,18,20-28H2,1-8H3/b12-11+,14-13-,19-15+/t30-,31-,32+,33+,34+,37-,38+,39-,40+/m1/s1. The van der Waals surface area contributed by atoms with Crippen LogP contribution < -0.4 is 0 Å². The fourth-order valence-electron chi connectivity index (χ4n) is 12.1. The van der Waals surface area contributed by atoms with Gasteiger partial charge in [0.15, 0.2) is 0 Å². The van der Waals surface area contributed by atoms with Crippen LogP contribution in [-0.2, 0) is 9.53 Å². The quantitative estimate of drug-likeness (QED) is 0.112. The fourth-order valence-corrected chi connectivity index (χ4v) is 12.1. The van der Waals surface area contributed by atoms with Crippen molar-refractivity contribution in [3.63, 3.8) is 0 Å². The van der Waals surface area contributed by atoms with E-state index in [1.165, 1.54) is 69.8 Å². The summed E-state index contributed by atoms with van der Waals surface area (Å²) < 4.78 is 6.21. The molecule has 0 aromatic heterocycles. The lowest BCUT2D eigenvalue weighted by Crippen LogP contribution is -2.58. The number of unbranched alkanes of at least 4 members (excludes halogenated alkanes) is 1. The molecule has 0 amide bonds. The molecular formula is C40H62O2. The zero-order valence-electron chi connectivity index (χ0n) is 28.4. The highest BCUT2D eigenvalue weighted by Crippen LogP contribution is 2.89. The van der Waals surface area contributed by atoms with Gasteiger partial charge in [-0.15, -0.1) is 0 Å². The molecule has 5 aliphatic rings. The summed E-state index contributed by atoms with van der Waals surface area (Å²) in [6, 6.07) is 0. The van der Waals surface area contributed by atoms with E-state index in [1.807, 2.05) is 18.2 Å². The van der Waals surface area contributed by atoms with Crippen LogP contribution >= 0.6 is 0 Å². The van der Waals surface area contributed by atoms with Crippen molar-refractivity contribution in [2.24, 2.45) is 50.7 Å². The smallest absolute Gasteiger partial charge is 0.331 e. The molecular weight excluding hydrogens is 512 g/mol. The highest BCUT2D eigenvalue weighted by atomic mass is 16.5. The van der Waals surface area contributed by atoms with E-state index in [-0.39, 0.29) is 17.5 Å². The molecule has 0 aliphatic heterocycles. The lowest BCUT2D eigenvalue weighted by atomic mass is 9.41. The number of esters is 1. The first-order chi connectivity index (χ1) is 19.9. The average Bonchev–Trinajstić information content (AvgIpc) is 3.51. The van der Waals surface area contributed by atoms with Crippen LogP contribution in [-0.4, -0.2) is 12.1 Å². The highest BCUT2D eigenvalue weighted by molar-refractivity contribution is 5.82. The first kappa shape index (κ1) is 31.8. The first-order valence-corrected chi connectivity index (χ1v) is 17.7. The van der Waals surface area contributed by atoms with Crippen LogP contribution in [0.5, 0.6) is 0 Å². The van der Waals surface area contributed by atoms with E-state index in [9.17, 15) is 4.79 Å². The Bertz CT molecular complexity index is 1120. The third kappa shape index (κ3) is 5.03. The van der Waals surface area contributed by atoms with Gasteiger partial charge in [-0.05, 0) is 136 Å². The Morgan fingerprint density at radius 3 is 2.29 bits per heavy atom. The number of allylic oxidation sites excluding steroid dienone is 7. The Hall–Kier alpha value is -1.57. The predicted molar refractivity (Wildman–Crippen MR) is 177 cm³/mol. The Kier molecular flexibility index (Phi) is 8.90. The van der Waals surface area contributed by atoms with Crippen LogP contribution in [0.1, 0.15) is 139 Å². The maximum atomic E-state index is 12.8. The van der Waals surface area contributed by atoms with Gasteiger partial charge in [-0.3, -0.25) is 0 Å². The molecule has 2 nitrogen and oxygen atoms in total. The van der Waals surface area contributed by atoms with E-state index in [0.29, 0.717) is 27.6 Å². The molecule has 0 bridgehead atoms. The van der Waals surface area contributed by atoms with Crippen LogP contribution in [0.4, 0.5) is 0 Å². The molecule has 0 radical (unpaired) electrons. The Balaban J connectivity index is 1.26. The highest BCUT2D eigenvalue weighted by Gasteiger charge is 2.82. The van der Waals surface area contributed by atoms with E-state index in [0.717, 1.165) is 37.0 Å². The lowest BCUT2D eigenvalue weighted by Gasteiger charge is -2.63. The summed E-state index contributed by atoms with van der Waals surface area (Å²) in [5, 5.41) is 0. The number of carbonyl (C=O) groups excluding carboxylic acids is 1. The van der Waals surface area contributed by atoms with Crippen molar-refractivity contribution in [1.29, 1.82) is 0 Å². The van der Waals surface area contributed by atoms with E-state index >= 15 is 0 Å². The summed E-state index contributed by atoms with van der Waals surface area (Å²) in [7, 11) is 0. The Morgan fingerprint density at radius 2 is 1.55 bits per heavy atom. The lowest BCUT2D eigenvalue weighted by molar-refractivity contribution is -0.179. The molecule has 234 valence electrons. The van der Waals surface area contributed by atoms with Gasteiger partial charge in [0.1, 0.15) is 6.10 Å². The third-order valence-corrected chi connectivity index (χ3v) is 14.4. The van der Waals surface area contributed by atoms with Crippen molar-refractivity contribution in [3.8, 4) is 0 Å². The largest absolute Gasteiger partial charge is 0.459 e. The zero-order valence-corrected chi connectivity index (χ0v) is 28.4. The monoisotopic (exact) mass is 574 g/mol. The normalized spacial score (nSPS) is 42.6. The van der Waals surface area contributed by atoms with Gasteiger partial charge in [0, 0.05) is 11.5 Å². The second kappa shape index (κ2) is 11.7. The van der Waals surface area contributed by atoms with Crippen molar-refractivity contribution in [2.75, 3.05) is 0 Å². The molecule has 5 rings (SSSR count). The van der Waals surface area contributed by atoms with E-state index in [4.69, 9.17) is 4.74 Å². The van der Waals surface area contributed by atoms with Gasteiger partial charge < -0.3 is 4.74 Å². The summed E-state index contributed by atoms with van der Waals surface area (Å²) in [5.74, 6) is 3.07. The van der Waals surface area contributed by atoms with Gasteiger partial charge >= 0.3 is 5.97 Å². The van der Waals surface area contributed by atoms with Crippen LogP contribution in [0.15, 0.2) is 48.1 Å². The minimum absolute atomic E-state index is 0.0230. The number of rotatable bonds is 10. The van der Waals surface area contributed by atoms with E-state index in [2.05, 4.69) is 73.6 Å². The van der Waals surface area contributed by atoms with E-state index in [1.54, 1.807) is 6.08 Å². The summed E-state index contributed by atoms with van der Waals surface area (Å²) in [5.41, 5.74) is 3.50.